The predicted molar refractivity (Wildman–Crippen MR) is 141 cm³/mol. The minimum Gasteiger partial charge on any atom is -0.352 e. The third-order valence-electron chi connectivity index (χ3n) is 6.87. The van der Waals surface area contributed by atoms with E-state index in [9.17, 15) is 9.59 Å². The summed E-state index contributed by atoms with van der Waals surface area (Å²) in [6.07, 6.45) is 6.63. The zero-order valence-electron chi connectivity index (χ0n) is 19.8. The first-order valence-corrected chi connectivity index (χ1v) is 13.1. The number of rotatable bonds is 8. The summed E-state index contributed by atoms with van der Waals surface area (Å²) in [6.45, 7) is 2.27. The molecule has 0 spiro atoms. The van der Waals surface area contributed by atoms with E-state index in [2.05, 4.69) is 45.5 Å². The fourth-order valence-corrected chi connectivity index (χ4v) is 5.10. The van der Waals surface area contributed by atoms with E-state index in [0.717, 1.165) is 41.3 Å². The van der Waals surface area contributed by atoms with Crippen molar-refractivity contribution in [1.82, 2.24) is 10.2 Å². The minimum absolute atomic E-state index is 0.00199. The maximum atomic E-state index is 13.5. The van der Waals surface area contributed by atoms with E-state index in [-0.39, 0.29) is 17.9 Å². The van der Waals surface area contributed by atoms with Crippen LogP contribution in [0.3, 0.4) is 0 Å². The Hall–Kier alpha value is -2.66. The van der Waals surface area contributed by atoms with Gasteiger partial charge in [0.1, 0.15) is 6.04 Å². The molecule has 0 aromatic heterocycles. The van der Waals surface area contributed by atoms with E-state index in [1.54, 1.807) is 4.90 Å². The minimum atomic E-state index is -0.523. The highest BCUT2D eigenvalue weighted by Crippen LogP contribution is 2.22. The second-order valence-corrected chi connectivity index (χ2v) is 10.2. The lowest BCUT2D eigenvalue weighted by atomic mass is 9.95. The number of benzene rings is 3. The van der Waals surface area contributed by atoms with Crippen LogP contribution in [0.15, 0.2) is 71.2 Å². The van der Waals surface area contributed by atoms with Gasteiger partial charge in [-0.1, -0.05) is 89.8 Å². The monoisotopic (exact) mass is 520 g/mol. The summed E-state index contributed by atoms with van der Waals surface area (Å²) in [7, 11) is 0. The fourth-order valence-electron chi connectivity index (χ4n) is 4.83. The molecule has 0 bridgehead atoms. The highest BCUT2D eigenvalue weighted by atomic mass is 79.9. The van der Waals surface area contributed by atoms with Crippen molar-refractivity contribution >= 4 is 38.5 Å². The van der Waals surface area contributed by atoms with E-state index in [1.807, 2.05) is 49.4 Å². The summed E-state index contributed by atoms with van der Waals surface area (Å²) in [5, 5.41) is 5.57. The number of carbonyl (C=O) groups excluding carboxylic acids is 2. The van der Waals surface area contributed by atoms with E-state index in [0.29, 0.717) is 19.4 Å². The van der Waals surface area contributed by atoms with Crippen LogP contribution in [-0.2, 0) is 22.6 Å². The van der Waals surface area contributed by atoms with Crippen molar-refractivity contribution in [2.24, 2.45) is 0 Å². The molecule has 0 heterocycles. The zero-order chi connectivity index (χ0) is 23.9. The third kappa shape index (κ3) is 6.26. The molecule has 5 heteroatoms. The Morgan fingerprint density at radius 1 is 0.971 bits per heavy atom. The second kappa shape index (κ2) is 11.7. The molecule has 1 fully saturated rings. The van der Waals surface area contributed by atoms with Crippen LogP contribution in [0.5, 0.6) is 0 Å². The number of carbonyl (C=O) groups is 2. The van der Waals surface area contributed by atoms with Crippen LogP contribution in [0, 0.1) is 0 Å². The molecule has 0 aliphatic heterocycles. The van der Waals surface area contributed by atoms with Gasteiger partial charge in [0.05, 0.1) is 0 Å². The van der Waals surface area contributed by atoms with Crippen LogP contribution in [-0.4, -0.2) is 28.8 Å². The van der Waals surface area contributed by atoms with Gasteiger partial charge in [-0.3, -0.25) is 9.59 Å². The quantitative estimate of drug-likeness (QED) is 0.373. The lowest BCUT2D eigenvalue weighted by Gasteiger charge is -2.31. The van der Waals surface area contributed by atoms with E-state index in [4.69, 9.17) is 0 Å². The van der Waals surface area contributed by atoms with Gasteiger partial charge < -0.3 is 10.2 Å². The van der Waals surface area contributed by atoms with Crippen LogP contribution in [0.4, 0.5) is 0 Å². The summed E-state index contributed by atoms with van der Waals surface area (Å²) in [5.41, 5.74) is 2.17. The smallest absolute Gasteiger partial charge is 0.242 e. The first kappa shape index (κ1) is 24.5. The SMILES string of the molecule is C[C@@H](C(=O)NC1CCCCC1)N(Cc1ccc(Br)cc1)C(=O)CCc1cccc2ccccc12. The normalized spacial score (nSPS) is 15.1. The van der Waals surface area contributed by atoms with Crippen molar-refractivity contribution in [3.63, 3.8) is 0 Å². The molecule has 2 amide bonds. The van der Waals surface area contributed by atoms with Crippen molar-refractivity contribution in [3.8, 4) is 0 Å². The Bertz CT molecular complexity index is 1120. The maximum absolute atomic E-state index is 13.5. The number of fused-ring (bicyclic) bond motifs is 1. The number of nitrogens with one attached hydrogen (secondary N) is 1. The molecule has 4 nitrogen and oxygen atoms in total. The number of amides is 2. The molecule has 0 saturated heterocycles. The molecule has 178 valence electrons. The topological polar surface area (TPSA) is 49.4 Å². The molecule has 4 rings (SSSR count). The lowest BCUT2D eigenvalue weighted by molar-refractivity contribution is -0.141. The van der Waals surface area contributed by atoms with Gasteiger partial charge in [-0.05, 0) is 60.2 Å². The number of hydrogen-bond donors (Lipinski definition) is 1. The number of halogens is 1. The average Bonchev–Trinajstić information content (AvgIpc) is 2.87. The first-order valence-electron chi connectivity index (χ1n) is 12.3. The largest absolute Gasteiger partial charge is 0.352 e. The van der Waals surface area contributed by atoms with Crippen molar-refractivity contribution in [3.05, 3.63) is 82.3 Å². The van der Waals surface area contributed by atoms with Gasteiger partial charge in [-0.2, -0.15) is 0 Å². The number of hydrogen-bond acceptors (Lipinski definition) is 2. The lowest BCUT2D eigenvalue weighted by Crippen LogP contribution is -2.50. The second-order valence-electron chi connectivity index (χ2n) is 9.31. The summed E-state index contributed by atoms with van der Waals surface area (Å²) < 4.78 is 0.994. The molecule has 1 N–H and O–H groups in total. The number of aryl methyl sites for hydroxylation is 1. The summed E-state index contributed by atoms with van der Waals surface area (Å²) >= 11 is 3.47. The molecular weight excluding hydrogens is 488 g/mol. The Labute approximate surface area is 210 Å². The first-order chi connectivity index (χ1) is 16.5. The Kier molecular flexibility index (Phi) is 8.39. The van der Waals surface area contributed by atoms with Crippen LogP contribution < -0.4 is 5.32 Å². The summed E-state index contributed by atoms with van der Waals surface area (Å²) in [5.74, 6) is -0.0512. The number of nitrogens with zero attached hydrogens (tertiary/aromatic N) is 1. The zero-order valence-corrected chi connectivity index (χ0v) is 21.4. The standard InChI is InChI=1S/C29H33BrN2O2/c1-21(29(34)31-26-11-3-2-4-12-26)32(20-22-14-17-25(30)18-15-22)28(33)19-16-24-10-7-9-23-8-5-6-13-27(23)24/h5-10,13-15,17-18,21,26H,2-4,11-12,16,19-20H2,1H3,(H,31,34)/t21-/m0/s1. The van der Waals surface area contributed by atoms with Crippen LogP contribution in [0.2, 0.25) is 0 Å². The Morgan fingerprint density at radius 2 is 1.68 bits per heavy atom. The van der Waals surface area contributed by atoms with E-state index < -0.39 is 6.04 Å². The molecule has 3 aromatic rings. The summed E-state index contributed by atoms with van der Waals surface area (Å²) in [4.78, 5) is 28.4. The van der Waals surface area contributed by atoms with Crippen LogP contribution >= 0.6 is 15.9 Å². The highest BCUT2D eigenvalue weighted by molar-refractivity contribution is 9.10. The van der Waals surface area contributed by atoms with Gasteiger partial charge in [0.2, 0.25) is 11.8 Å². The molecule has 0 radical (unpaired) electrons. The Balaban J connectivity index is 1.49. The molecule has 1 atom stereocenters. The molecule has 3 aromatic carbocycles. The van der Waals surface area contributed by atoms with E-state index >= 15 is 0 Å². The van der Waals surface area contributed by atoms with Gasteiger partial charge in [0.15, 0.2) is 0 Å². The molecule has 1 aliphatic rings. The fraction of sp³-hybridized carbons (Fsp3) is 0.379. The molecule has 0 unspecified atom stereocenters. The van der Waals surface area contributed by atoms with Gasteiger partial charge in [-0.25, -0.2) is 0 Å². The van der Waals surface area contributed by atoms with Crippen molar-refractivity contribution in [2.45, 2.75) is 70.5 Å². The summed E-state index contributed by atoms with van der Waals surface area (Å²) in [6, 6.07) is 22.1. The van der Waals surface area contributed by atoms with Crippen LogP contribution in [0.25, 0.3) is 10.8 Å². The third-order valence-corrected chi connectivity index (χ3v) is 7.40. The van der Waals surface area contributed by atoms with Crippen molar-refractivity contribution in [2.75, 3.05) is 0 Å². The van der Waals surface area contributed by atoms with Gasteiger partial charge in [0.25, 0.3) is 0 Å². The molecule has 1 aliphatic carbocycles. The van der Waals surface area contributed by atoms with Gasteiger partial charge in [-0.15, -0.1) is 0 Å². The molecule has 1 saturated carbocycles. The molecular formula is C29H33BrN2O2. The van der Waals surface area contributed by atoms with E-state index in [1.165, 1.54) is 17.2 Å². The average molecular weight is 521 g/mol. The maximum Gasteiger partial charge on any atom is 0.242 e. The van der Waals surface area contributed by atoms with Gasteiger partial charge >= 0.3 is 0 Å². The van der Waals surface area contributed by atoms with Crippen molar-refractivity contribution < 1.29 is 9.59 Å². The molecule has 34 heavy (non-hydrogen) atoms. The van der Waals surface area contributed by atoms with Crippen LogP contribution in [0.1, 0.15) is 56.6 Å². The predicted octanol–water partition coefficient (Wildman–Crippen LogP) is 6.40. The highest BCUT2D eigenvalue weighted by Gasteiger charge is 2.28. The Morgan fingerprint density at radius 3 is 2.44 bits per heavy atom. The van der Waals surface area contributed by atoms with Gasteiger partial charge in [0, 0.05) is 23.5 Å². The van der Waals surface area contributed by atoms with Crippen molar-refractivity contribution in [1.29, 1.82) is 0 Å².